The molecule has 2 nitrogen and oxygen atoms in total. The van der Waals surface area contributed by atoms with Gasteiger partial charge in [-0.2, -0.15) is 11.8 Å². The summed E-state index contributed by atoms with van der Waals surface area (Å²) in [5.41, 5.74) is 1.05. The number of aromatic nitrogens is 1. The van der Waals surface area contributed by atoms with Crippen LogP contribution in [-0.2, 0) is 11.2 Å². The van der Waals surface area contributed by atoms with Crippen LogP contribution in [0.4, 0.5) is 0 Å². The Balaban J connectivity index is 2.35. The van der Waals surface area contributed by atoms with Gasteiger partial charge in [0.25, 0.3) is 0 Å². The van der Waals surface area contributed by atoms with Crippen LogP contribution in [0.25, 0.3) is 0 Å². The van der Waals surface area contributed by atoms with Gasteiger partial charge in [0.2, 0.25) is 0 Å². The summed E-state index contributed by atoms with van der Waals surface area (Å²) in [5.74, 6) is 0.898. The maximum Gasteiger partial charge on any atom is 0.147 e. The molecule has 1 aromatic rings. The van der Waals surface area contributed by atoms with Crippen LogP contribution in [0.1, 0.15) is 19.4 Å². The molecule has 0 spiro atoms. The highest BCUT2D eigenvalue weighted by molar-refractivity contribution is 8.00. The summed E-state index contributed by atoms with van der Waals surface area (Å²) in [6.07, 6.45) is 3.97. The Kier molecular flexibility index (Phi) is 4.66. The Morgan fingerprint density at radius 1 is 1.43 bits per heavy atom. The highest BCUT2D eigenvalue weighted by Gasteiger charge is 2.04. The van der Waals surface area contributed by atoms with Gasteiger partial charge in [0.1, 0.15) is 5.78 Å². The summed E-state index contributed by atoms with van der Waals surface area (Å²) < 4.78 is 0. The molecular formula is C11H15NOS. The number of hydrogen-bond acceptors (Lipinski definition) is 3. The van der Waals surface area contributed by atoms with Gasteiger partial charge >= 0.3 is 0 Å². The predicted molar refractivity (Wildman–Crippen MR) is 60.5 cm³/mol. The summed E-state index contributed by atoms with van der Waals surface area (Å²) in [7, 11) is 0. The van der Waals surface area contributed by atoms with Crippen molar-refractivity contribution in [3.05, 3.63) is 30.1 Å². The van der Waals surface area contributed by atoms with Gasteiger partial charge < -0.3 is 0 Å². The van der Waals surface area contributed by atoms with Crippen molar-refractivity contribution in [3.63, 3.8) is 0 Å². The molecule has 1 rings (SSSR count). The van der Waals surface area contributed by atoms with Crippen molar-refractivity contribution in [2.75, 3.05) is 5.75 Å². The second-order valence-corrected chi connectivity index (χ2v) is 5.00. The molecule has 1 heterocycles. The Hall–Kier alpha value is -0.830. The van der Waals surface area contributed by atoms with Crippen LogP contribution in [0.2, 0.25) is 0 Å². The quantitative estimate of drug-likeness (QED) is 0.745. The molecule has 76 valence electrons. The van der Waals surface area contributed by atoms with Gasteiger partial charge in [0.15, 0.2) is 0 Å². The first-order chi connectivity index (χ1) is 6.68. The van der Waals surface area contributed by atoms with E-state index in [9.17, 15) is 4.79 Å². The van der Waals surface area contributed by atoms with E-state index in [4.69, 9.17) is 0 Å². The summed E-state index contributed by atoms with van der Waals surface area (Å²) in [6, 6.07) is 3.77. The molecule has 0 aliphatic carbocycles. The number of pyridine rings is 1. The van der Waals surface area contributed by atoms with E-state index < -0.39 is 0 Å². The van der Waals surface area contributed by atoms with Crippen molar-refractivity contribution < 1.29 is 4.79 Å². The van der Waals surface area contributed by atoms with Crippen LogP contribution in [0, 0.1) is 0 Å². The minimum Gasteiger partial charge on any atom is -0.298 e. The maximum atomic E-state index is 11.5. The van der Waals surface area contributed by atoms with Gasteiger partial charge in [-0.1, -0.05) is 13.8 Å². The van der Waals surface area contributed by atoms with E-state index in [-0.39, 0.29) is 5.78 Å². The lowest BCUT2D eigenvalue weighted by atomic mass is 10.1. The van der Waals surface area contributed by atoms with E-state index in [1.807, 2.05) is 12.1 Å². The Bertz CT molecular complexity index is 285. The molecule has 0 aliphatic heterocycles. The predicted octanol–water partition coefficient (Wildman–Crippen LogP) is 2.33. The van der Waals surface area contributed by atoms with E-state index in [1.54, 1.807) is 24.2 Å². The van der Waals surface area contributed by atoms with E-state index in [1.165, 1.54) is 0 Å². The first-order valence-electron chi connectivity index (χ1n) is 4.70. The standard InChI is InChI=1S/C11H15NOS/c1-9(2)14-8-11(13)7-10-3-5-12-6-4-10/h3-6,9H,7-8H2,1-2H3. The van der Waals surface area contributed by atoms with Gasteiger partial charge in [-0.05, 0) is 22.9 Å². The average Bonchev–Trinajstić information content (AvgIpc) is 2.16. The van der Waals surface area contributed by atoms with Crippen LogP contribution >= 0.6 is 11.8 Å². The van der Waals surface area contributed by atoms with Crippen molar-refractivity contribution >= 4 is 17.5 Å². The van der Waals surface area contributed by atoms with Gasteiger partial charge in [-0.25, -0.2) is 0 Å². The normalized spacial score (nSPS) is 10.5. The third kappa shape index (κ3) is 4.42. The molecule has 0 saturated carbocycles. The molecule has 0 unspecified atom stereocenters. The molecule has 0 bridgehead atoms. The van der Waals surface area contributed by atoms with Crippen LogP contribution in [0.15, 0.2) is 24.5 Å². The van der Waals surface area contributed by atoms with Gasteiger partial charge in [0.05, 0.1) is 5.75 Å². The minimum absolute atomic E-state index is 0.287. The van der Waals surface area contributed by atoms with E-state index in [0.717, 1.165) is 5.56 Å². The topological polar surface area (TPSA) is 30.0 Å². The first kappa shape index (κ1) is 11.2. The van der Waals surface area contributed by atoms with Gasteiger partial charge in [-0.3, -0.25) is 9.78 Å². The van der Waals surface area contributed by atoms with E-state index in [2.05, 4.69) is 18.8 Å². The zero-order valence-corrected chi connectivity index (χ0v) is 9.38. The molecule has 14 heavy (non-hydrogen) atoms. The molecule has 0 aliphatic rings. The molecule has 3 heteroatoms. The van der Waals surface area contributed by atoms with Crippen molar-refractivity contribution in [2.24, 2.45) is 0 Å². The Morgan fingerprint density at radius 2 is 2.07 bits per heavy atom. The monoisotopic (exact) mass is 209 g/mol. The molecule has 0 fully saturated rings. The molecular weight excluding hydrogens is 194 g/mol. The zero-order chi connectivity index (χ0) is 10.4. The number of rotatable bonds is 5. The molecule has 0 saturated heterocycles. The van der Waals surface area contributed by atoms with Gasteiger partial charge in [-0.15, -0.1) is 0 Å². The SMILES string of the molecule is CC(C)SCC(=O)Cc1ccncc1. The van der Waals surface area contributed by atoms with Crippen LogP contribution in [0.5, 0.6) is 0 Å². The van der Waals surface area contributed by atoms with Crippen LogP contribution in [-0.4, -0.2) is 21.8 Å². The second-order valence-electron chi connectivity index (χ2n) is 3.43. The fraction of sp³-hybridized carbons (Fsp3) is 0.455. The van der Waals surface area contributed by atoms with Crippen molar-refractivity contribution in [3.8, 4) is 0 Å². The molecule has 0 N–H and O–H groups in total. The molecule has 0 atom stereocenters. The third-order valence-corrected chi connectivity index (χ3v) is 2.88. The lowest BCUT2D eigenvalue weighted by Gasteiger charge is -2.03. The number of hydrogen-bond donors (Lipinski definition) is 0. The number of Topliss-reactive ketones (excluding diaryl/α,β-unsaturated/α-hetero) is 1. The maximum absolute atomic E-state index is 11.5. The molecule has 0 radical (unpaired) electrons. The highest BCUT2D eigenvalue weighted by Crippen LogP contribution is 2.10. The van der Waals surface area contributed by atoms with E-state index >= 15 is 0 Å². The molecule has 1 aromatic heterocycles. The number of carbonyl (C=O) groups is 1. The van der Waals surface area contributed by atoms with Crippen LogP contribution < -0.4 is 0 Å². The van der Waals surface area contributed by atoms with Crippen molar-refractivity contribution in [1.82, 2.24) is 4.98 Å². The lowest BCUT2D eigenvalue weighted by Crippen LogP contribution is -2.07. The first-order valence-corrected chi connectivity index (χ1v) is 5.75. The molecule has 0 aromatic carbocycles. The second kappa shape index (κ2) is 5.81. The van der Waals surface area contributed by atoms with Gasteiger partial charge in [0, 0.05) is 18.8 Å². The number of nitrogens with zero attached hydrogens (tertiary/aromatic N) is 1. The summed E-state index contributed by atoms with van der Waals surface area (Å²) in [4.78, 5) is 15.4. The smallest absolute Gasteiger partial charge is 0.147 e. The minimum atomic E-state index is 0.287. The fourth-order valence-corrected chi connectivity index (χ4v) is 1.66. The fourth-order valence-electron chi connectivity index (χ4n) is 1.04. The van der Waals surface area contributed by atoms with Crippen molar-refractivity contribution in [1.29, 1.82) is 0 Å². The summed E-state index contributed by atoms with van der Waals surface area (Å²) in [5, 5.41) is 0.524. The number of carbonyl (C=O) groups excluding carboxylic acids is 1. The van der Waals surface area contributed by atoms with E-state index in [0.29, 0.717) is 17.4 Å². The third-order valence-electron chi connectivity index (χ3n) is 1.73. The Labute approximate surface area is 89.1 Å². The highest BCUT2D eigenvalue weighted by atomic mass is 32.2. The largest absolute Gasteiger partial charge is 0.298 e. The zero-order valence-electron chi connectivity index (χ0n) is 8.56. The number of thioether (sulfide) groups is 1. The summed E-state index contributed by atoms with van der Waals surface area (Å²) in [6.45, 7) is 4.20. The van der Waals surface area contributed by atoms with Crippen molar-refractivity contribution in [2.45, 2.75) is 25.5 Å². The number of ketones is 1. The Morgan fingerprint density at radius 3 is 2.64 bits per heavy atom. The average molecular weight is 209 g/mol. The molecule has 0 amide bonds. The lowest BCUT2D eigenvalue weighted by molar-refractivity contribution is -0.116. The summed E-state index contributed by atoms with van der Waals surface area (Å²) >= 11 is 1.69. The van der Waals surface area contributed by atoms with Crippen LogP contribution in [0.3, 0.4) is 0 Å².